The van der Waals surface area contributed by atoms with Crippen molar-refractivity contribution < 1.29 is 35.3 Å². The Bertz CT molecular complexity index is 549. The van der Waals surface area contributed by atoms with Crippen molar-refractivity contribution >= 4 is 28.7 Å². The first-order chi connectivity index (χ1) is 10.7. The zero-order chi connectivity index (χ0) is 15.8. The molecule has 0 aliphatic heterocycles. The third-order valence-corrected chi connectivity index (χ3v) is 3.05. The molecule has 0 saturated carbocycles. The Morgan fingerprint density at radius 1 is 0.783 bits per heavy atom. The molecule has 0 aliphatic rings. The molecule has 4 nitrogen and oxygen atoms in total. The normalized spacial score (nSPS) is 9.48. The van der Waals surface area contributed by atoms with Crippen LogP contribution < -0.4 is 20.1 Å². The van der Waals surface area contributed by atoms with E-state index in [1.54, 1.807) is 0 Å². The Hall–Kier alpha value is -1.40. The maximum Gasteiger partial charge on any atom is 0.175 e. The molecule has 2 aromatic rings. The number of hydrogen-bond acceptors (Lipinski definition) is 3. The molecule has 23 heavy (non-hydrogen) atoms. The van der Waals surface area contributed by atoms with E-state index in [1.165, 1.54) is 0 Å². The molecule has 0 saturated heterocycles. The minimum absolute atomic E-state index is 0. The van der Waals surface area contributed by atoms with Gasteiger partial charge in [-0.1, -0.05) is 0 Å². The van der Waals surface area contributed by atoms with Gasteiger partial charge in [-0.15, -0.1) is 0 Å². The summed E-state index contributed by atoms with van der Waals surface area (Å²) in [4.78, 5) is 0. The second kappa shape index (κ2) is 10.4. The Morgan fingerprint density at radius 3 is 1.43 bits per heavy atom. The van der Waals surface area contributed by atoms with Gasteiger partial charge in [0.1, 0.15) is 11.5 Å². The SMILES string of the molecule is CCOc1ccc(NC(=S)Nc2ccc(OCC)cc2)cc1.[Sc]. The third-order valence-electron chi connectivity index (χ3n) is 2.85. The van der Waals surface area contributed by atoms with Crippen molar-refractivity contribution in [2.24, 2.45) is 0 Å². The summed E-state index contributed by atoms with van der Waals surface area (Å²) in [6, 6.07) is 15.3. The summed E-state index contributed by atoms with van der Waals surface area (Å²) in [5.74, 6) is 1.69. The van der Waals surface area contributed by atoms with Crippen molar-refractivity contribution in [2.75, 3.05) is 23.8 Å². The first-order valence-electron chi connectivity index (χ1n) is 7.25. The predicted molar refractivity (Wildman–Crippen MR) is 95.1 cm³/mol. The second-order valence-electron chi connectivity index (χ2n) is 4.49. The van der Waals surface area contributed by atoms with Crippen molar-refractivity contribution in [1.29, 1.82) is 0 Å². The number of rotatable bonds is 6. The van der Waals surface area contributed by atoms with Crippen molar-refractivity contribution in [3.05, 3.63) is 48.5 Å². The van der Waals surface area contributed by atoms with E-state index in [0.29, 0.717) is 18.3 Å². The molecule has 0 unspecified atom stereocenters. The Balaban J connectivity index is 0.00000264. The fourth-order valence-electron chi connectivity index (χ4n) is 1.90. The summed E-state index contributed by atoms with van der Waals surface area (Å²) in [6.45, 7) is 5.24. The van der Waals surface area contributed by atoms with E-state index in [9.17, 15) is 0 Å². The molecule has 0 fully saturated rings. The summed E-state index contributed by atoms with van der Waals surface area (Å²) < 4.78 is 10.8. The first-order valence-corrected chi connectivity index (χ1v) is 7.65. The number of ether oxygens (including phenoxy) is 2. The Morgan fingerprint density at radius 2 is 1.13 bits per heavy atom. The molecule has 0 amide bonds. The maximum absolute atomic E-state index is 5.40. The van der Waals surface area contributed by atoms with Gasteiger partial charge >= 0.3 is 0 Å². The van der Waals surface area contributed by atoms with E-state index in [-0.39, 0.29) is 25.8 Å². The second-order valence-corrected chi connectivity index (χ2v) is 4.90. The van der Waals surface area contributed by atoms with E-state index in [1.807, 2.05) is 62.4 Å². The monoisotopic (exact) mass is 361 g/mol. The van der Waals surface area contributed by atoms with E-state index < -0.39 is 0 Å². The fourth-order valence-corrected chi connectivity index (χ4v) is 2.13. The minimum Gasteiger partial charge on any atom is -0.494 e. The molecule has 0 bridgehead atoms. The van der Waals surface area contributed by atoms with Gasteiger partial charge in [0.05, 0.1) is 13.2 Å². The molecule has 2 N–H and O–H groups in total. The predicted octanol–water partition coefficient (Wildman–Crippen LogP) is 4.29. The van der Waals surface area contributed by atoms with Crippen molar-refractivity contribution in [2.45, 2.75) is 13.8 Å². The van der Waals surface area contributed by atoms with Gasteiger partial charge in [0.15, 0.2) is 5.11 Å². The van der Waals surface area contributed by atoms with Crippen LogP contribution in [0.5, 0.6) is 11.5 Å². The first kappa shape index (κ1) is 19.6. The summed E-state index contributed by atoms with van der Waals surface area (Å²) in [5.41, 5.74) is 1.82. The number of nitrogens with one attached hydrogen (secondary N) is 2. The van der Waals surface area contributed by atoms with E-state index in [4.69, 9.17) is 21.7 Å². The molecular weight excluding hydrogens is 341 g/mol. The van der Waals surface area contributed by atoms with Crippen LogP contribution in [0.4, 0.5) is 11.4 Å². The fraction of sp³-hybridized carbons (Fsp3) is 0.235. The topological polar surface area (TPSA) is 42.5 Å². The van der Waals surface area contributed by atoms with E-state index in [2.05, 4.69) is 10.6 Å². The smallest absolute Gasteiger partial charge is 0.175 e. The van der Waals surface area contributed by atoms with Crippen LogP contribution in [0, 0.1) is 0 Å². The molecule has 2 rings (SSSR count). The van der Waals surface area contributed by atoms with Crippen LogP contribution in [-0.2, 0) is 25.8 Å². The number of anilines is 2. The maximum atomic E-state index is 5.40. The molecule has 0 atom stereocenters. The molecule has 1 radical (unpaired) electrons. The van der Waals surface area contributed by atoms with Crippen LogP contribution >= 0.6 is 12.2 Å². The zero-order valence-corrected chi connectivity index (χ0v) is 16.0. The van der Waals surface area contributed by atoms with Crippen LogP contribution in [0.3, 0.4) is 0 Å². The van der Waals surface area contributed by atoms with Crippen molar-refractivity contribution in [3.8, 4) is 11.5 Å². The molecule has 0 aliphatic carbocycles. The minimum atomic E-state index is 0. The molecule has 0 heterocycles. The largest absolute Gasteiger partial charge is 0.494 e. The molecular formula is C17H20N2O2SSc. The number of hydrogen-bond donors (Lipinski definition) is 2. The Kier molecular flexibility index (Phi) is 8.87. The van der Waals surface area contributed by atoms with Gasteiger partial charge in [0.25, 0.3) is 0 Å². The van der Waals surface area contributed by atoms with Gasteiger partial charge in [-0.2, -0.15) is 0 Å². The zero-order valence-electron chi connectivity index (χ0n) is 13.3. The molecule has 119 valence electrons. The van der Waals surface area contributed by atoms with E-state index >= 15 is 0 Å². The summed E-state index contributed by atoms with van der Waals surface area (Å²) in [6.07, 6.45) is 0. The van der Waals surface area contributed by atoms with Gasteiger partial charge in [0.2, 0.25) is 0 Å². The molecule has 6 heteroatoms. The average Bonchev–Trinajstić information content (AvgIpc) is 2.52. The standard InChI is InChI=1S/C17H20N2O2S.Sc/c1-3-20-15-9-5-13(6-10-15)18-17(22)19-14-7-11-16(12-8-14)21-4-2;/h5-12H,3-4H2,1-2H3,(H2,18,19,22);. The van der Waals surface area contributed by atoms with Gasteiger partial charge in [-0.25, -0.2) is 0 Å². The molecule has 0 spiro atoms. The average molecular weight is 361 g/mol. The molecule has 0 aromatic heterocycles. The van der Waals surface area contributed by atoms with Crippen LogP contribution in [0.2, 0.25) is 0 Å². The summed E-state index contributed by atoms with van der Waals surface area (Å²) >= 11 is 5.30. The van der Waals surface area contributed by atoms with Crippen LogP contribution in [-0.4, -0.2) is 18.3 Å². The van der Waals surface area contributed by atoms with Gasteiger partial charge < -0.3 is 20.1 Å². The van der Waals surface area contributed by atoms with Crippen LogP contribution in [0.15, 0.2) is 48.5 Å². The van der Waals surface area contributed by atoms with Gasteiger partial charge in [0, 0.05) is 37.2 Å². The number of benzene rings is 2. The Labute approximate surface area is 161 Å². The van der Waals surface area contributed by atoms with Gasteiger partial charge in [-0.3, -0.25) is 0 Å². The van der Waals surface area contributed by atoms with Crippen LogP contribution in [0.1, 0.15) is 13.8 Å². The van der Waals surface area contributed by atoms with Gasteiger partial charge in [-0.05, 0) is 74.6 Å². The summed E-state index contributed by atoms with van der Waals surface area (Å²) in [5, 5.41) is 6.80. The molecule has 2 aromatic carbocycles. The number of thiocarbonyl (C=S) groups is 1. The van der Waals surface area contributed by atoms with Crippen molar-refractivity contribution in [3.63, 3.8) is 0 Å². The van der Waals surface area contributed by atoms with Crippen molar-refractivity contribution in [1.82, 2.24) is 0 Å². The quantitative estimate of drug-likeness (QED) is 0.752. The van der Waals surface area contributed by atoms with Crippen LogP contribution in [0.25, 0.3) is 0 Å². The third kappa shape index (κ3) is 6.71. The summed E-state index contributed by atoms with van der Waals surface area (Å²) in [7, 11) is 0. The van der Waals surface area contributed by atoms with E-state index in [0.717, 1.165) is 22.9 Å².